The van der Waals surface area contributed by atoms with Crippen molar-refractivity contribution in [2.24, 2.45) is 13.0 Å². The molecule has 3 rings (SSSR count). The first-order valence-electron chi connectivity index (χ1n) is 7.51. The number of likely N-dealkylation sites (tertiary alicyclic amines) is 1. The normalized spacial score (nSPS) is 22.6. The van der Waals surface area contributed by atoms with Gasteiger partial charge in [0.05, 0.1) is 13.3 Å². The Balaban J connectivity index is 1.81. The van der Waals surface area contributed by atoms with E-state index in [2.05, 4.69) is 41.3 Å². The third-order valence-electron chi connectivity index (χ3n) is 4.24. The molecular weight excluding hydrogens is 262 g/mol. The Morgan fingerprint density at radius 1 is 1.38 bits per heavy atom. The largest absolute Gasteiger partial charge is 0.497 e. The van der Waals surface area contributed by atoms with E-state index in [1.54, 1.807) is 7.11 Å². The summed E-state index contributed by atoms with van der Waals surface area (Å²) >= 11 is 0. The van der Waals surface area contributed by atoms with Crippen LogP contribution in [0.2, 0.25) is 0 Å². The van der Waals surface area contributed by atoms with E-state index in [0.29, 0.717) is 6.04 Å². The second kappa shape index (κ2) is 5.90. The lowest BCUT2D eigenvalue weighted by molar-refractivity contribution is 0.245. The van der Waals surface area contributed by atoms with E-state index in [1.807, 2.05) is 24.0 Å². The van der Waals surface area contributed by atoms with E-state index >= 15 is 0 Å². The molecule has 21 heavy (non-hydrogen) atoms. The molecule has 1 fully saturated rings. The molecule has 4 nitrogen and oxygen atoms in total. The monoisotopic (exact) mass is 285 g/mol. The van der Waals surface area contributed by atoms with Crippen molar-refractivity contribution in [3.63, 3.8) is 0 Å². The van der Waals surface area contributed by atoms with E-state index < -0.39 is 0 Å². The highest BCUT2D eigenvalue weighted by Gasteiger charge is 2.31. The van der Waals surface area contributed by atoms with Gasteiger partial charge in [-0.2, -0.15) is 5.10 Å². The highest BCUT2D eigenvalue weighted by atomic mass is 16.5. The lowest BCUT2D eigenvalue weighted by atomic mass is 10.0. The van der Waals surface area contributed by atoms with Gasteiger partial charge in [0.2, 0.25) is 0 Å². The van der Waals surface area contributed by atoms with Gasteiger partial charge in [0, 0.05) is 37.9 Å². The summed E-state index contributed by atoms with van der Waals surface area (Å²) in [5.74, 6) is 1.66. The van der Waals surface area contributed by atoms with Crippen LogP contribution in [0.4, 0.5) is 0 Å². The zero-order valence-corrected chi connectivity index (χ0v) is 13.0. The van der Waals surface area contributed by atoms with Gasteiger partial charge in [0.15, 0.2) is 0 Å². The molecule has 0 radical (unpaired) electrons. The zero-order chi connectivity index (χ0) is 14.8. The number of aromatic nitrogens is 2. The lowest BCUT2D eigenvalue weighted by Gasteiger charge is -2.24. The van der Waals surface area contributed by atoms with Crippen LogP contribution in [0.3, 0.4) is 0 Å². The molecule has 0 spiro atoms. The molecular formula is C17H23N3O. The van der Waals surface area contributed by atoms with E-state index in [-0.39, 0.29) is 0 Å². The average Bonchev–Trinajstić information content (AvgIpc) is 3.05. The van der Waals surface area contributed by atoms with E-state index in [4.69, 9.17) is 4.74 Å². The van der Waals surface area contributed by atoms with Crippen molar-refractivity contribution >= 4 is 0 Å². The number of methoxy groups -OCH3 is 1. The SMILES string of the molecule is COc1cccc([C@@H]2C[C@H](C)CN2Cc2cnn(C)c2)c1. The van der Waals surface area contributed by atoms with Crippen LogP contribution in [-0.2, 0) is 13.6 Å². The van der Waals surface area contributed by atoms with Crippen LogP contribution >= 0.6 is 0 Å². The second-order valence-electron chi connectivity index (χ2n) is 6.08. The Morgan fingerprint density at radius 2 is 2.24 bits per heavy atom. The molecule has 1 aromatic carbocycles. The molecule has 2 heterocycles. The van der Waals surface area contributed by atoms with E-state index in [9.17, 15) is 0 Å². The molecule has 0 bridgehead atoms. The van der Waals surface area contributed by atoms with E-state index in [0.717, 1.165) is 24.8 Å². The first kappa shape index (κ1) is 14.1. The average molecular weight is 285 g/mol. The summed E-state index contributed by atoms with van der Waals surface area (Å²) in [7, 11) is 3.69. The fourth-order valence-corrected chi connectivity index (χ4v) is 3.29. The van der Waals surface area contributed by atoms with Crippen molar-refractivity contribution < 1.29 is 4.74 Å². The first-order chi connectivity index (χ1) is 10.2. The molecule has 1 aromatic heterocycles. The van der Waals surface area contributed by atoms with Crippen LogP contribution in [0, 0.1) is 5.92 Å². The number of ether oxygens (including phenoxy) is 1. The van der Waals surface area contributed by atoms with Gasteiger partial charge >= 0.3 is 0 Å². The molecule has 1 aliphatic heterocycles. The standard InChI is InChI=1S/C17H23N3O/c1-13-7-17(15-5-4-6-16(8-15)21-3)20(10-13)12-14-9-18-19(2)11-14/h4-6,8-9,11,13,17H,7,10,12H2,1-3H3/t13-,17-/m0/s1. The maximum absolute atomic E-state index is 5.37. The third-order valence-corrected chi connectivity index (χ3v) is 4.24. The van der Waals surface area contributed by atoms with Crippen molar-refractivity contribution in [1.29, 1.82) is 0 Å². The molecule has 0 aliphatic carbocycles. The van der Waals surface area contributed by atoms with Gasteiger partial charge in [-0.25, -0.2) is 0 Å². The molecule has 0 unspecified atom stereocenters. The Hall–Kier alpha value is -1.81. The minimum atomic E-state index is 0.468. The van der Waals surface area contributed by atoms with Crippen molar-refractivity contribution in [1.82, 2.24) is 14.7 Å². The summed E-state index contributed by atoms with van der Waals surface area (Å²) in [6.45, 7) is 4.42. The second-order valence-corrected chi connectivity index (χ2v) is 6.08. The van der Waals surface area contributed by atoms with Crippen molar-refractivity contribution in [2.75, 3.05) is 13.7 Å². The molecule has 0 N–H and O–H groups in total. The van der Waals surface area contributed by atoms with Crippen molar-refractivity contribution in [3.05, 3.63) is 47.8 Å². The number of rotatable bonds is 4. The predicted molar refractivity (Wildman–Crippen MR) is 83.1 cm³/mol. The summed E-state index contributed by atoms with van der Waals surface area (Å²) in [6, 6.07) is 8.93. The molecule has 4 heteroatoms. The fourth-order valence-electron chi connectivity index (χ4n) is 3.29. The van der Waals surface area contributed by atoms with Gasteiger partial charge in [0.25, 0.3) is 0 Å². The number of hydrogen-bond donors (Lipinski definition) is 0. The van der Waals surface area contributed by atoms with Gasteiger partial charge in [-0.1, -0.05) is 19.1 Å². The maximum atomic E-state index is 5.37. The summed E-state index contributed by atoms with van der Waals surface area (Å²) in [5.41, 5.74) is 2.63. The summed E-state index contributed by atoms with van der Waals surface area (Å²) < 4.78 is 7.24. The molecule has 112 valence electrons. The minimum Gasteiger partial charge on any atom is -0.497 e. The molecule has 1 aliphatic rings. The topological polar surface area (TPSA) is 30.3 Å². The fraction of sp³-hybridized carbons (Fsp3) is 0.471. The predicted octanol–water partition coefficient (Wildman–Crippen LogP) is 3.01. The van der Waals surface area contributed by atoms with Crippen molar-refractivity contribution in [2.45, 2.75) is 25.9 Å². The molecule has 2 aromatic rings. The number of hydrogen-bond acceptors (Lipinski definition) is 3. The molecule has 1 saturated heterocycles. The zero-order valence-electron chi connectivity index (χ0n) is 13.0. The highest BCUT2D eigenvalue weighted by Crippen LogP contribution is 2.37. The maximum Gasteiger partial charge on any atom is 0.119 e. The number of benzene rings is 1. The Morgan fingerprint density at radius 3 is 2.95 bits per heavy atom. The lowest BCUT2D eigenvalue weighted by Crippen LogP contribution is -2.23. The third kappa shape index (κ3) is 3.10. The summed E-state index contributed by atoms with van der Waals surface area (Å²) in [4.78, 5) is 2.55. The highest BCUT2D eigenvalue weighted by molar-refractivity contribution is 5.31. The smallest absolute Gasteiger partial charge is 0.119 e. The quantitative estimate of drug-likeness (QED) is 0.865. The molecule has 0 saturated carbocycles. The van der Waals surface area contributed by atoms with Crippen LogP contribution in [-0.4, -0.2) is 28.3 Å². The summed E-state index contributed by atoms with van der Waals surface area (Å²) in [5, 5.41) is 4.27. The Kier molecular flexibility index (Phi) is 3.97. The van der Waals surface area contributed by atoms with Crippen LogP contribution in [0.15, 0.2) is 36.7 Å². The molecule has 2 atom stereocenters. The number of aryl methyl sites for hydroxylation is 1. The van der Waals surface area contributed by atoms with Gasteiger partial charge in [-0.3, -0.25) is 9.58 Å². The number of nitrogens with zero attached hydrogens (tertiary/aromatic N) is 3. The minimum absolute atomic E-state index is 0.468. The van der Waals surface area contributed by atoms with Crippen LogP contribution in [0.5, 0.6) is 5.75 Å². The van der Waals surface area contributed by atoms with Gasteiger partial charge in [-0.05, 0) is 30.0 Å². The molecule has 0 amide bonds. The van der Waals surface area contributed by atoms with E-state index in [1.165, 1.54) is 17.5 Å². The summed E-state index contributed by atoms with van der Waals surface area (Å²) in [6.07, 6.45) is 5.27. The van der Waals surface area contributed by atoms with Crippen LogP contribution in [0.25, 0.3) is 0 Å². The van der Waals surface area contributed by atoms with Crippen molar-refractivity contribution in [3.8, 4) is 5.75 Å². The van der Waals surface area contributed by atoms with Gasteiger partial charge in [0.1, 0.15) is 5.75 Å². The van der Waals surface area contributed by atoms with Crippen LogP contribution in [0.1, 0.15) is 30.5 Å². The Labute approximate surface area is 126 Å². The van der Waals surface area contributed by atoms with Crippen LogP contribution < -0.4 is 4.74 Å². The van der Waals surface area contributed by atoms with Gasteiger partial charge in [-0.15, -0.1) is 0 Å². The van der Waals surface area contributed by atoms with Gasteiger partial charge < -0.3 is 4.74 Å². The Bertz CT molecular complexity index is 608. The first-order valence-corrected chi connectivity index (χ1v) is 7.51.